The average Bonchev–Trinajstić information content (AvgIpc) is 2.48. The normalized spacial score (nSPS) is 30.6. The summed E-state index contributed by atoms with van der Waals surface area (Å²) in [5, 5.41) is 0. The minimum atomic E-state index is -4.12. The maximum Gasteiger partial charge on any atom is 0.389 e. The van der Waals surface area contributed by atoms with Crippen LogP contribution in [0.1, 0.15) is 32.6 Å². The van der Waals surface area contributed by atoms with Gasteiger partial charge in [-0.3, -0.25) is 0 Å². The third-order valence-corrected chi connectivity index (χ3v) is 2.77. The molecule has 14 heavy (non-hydrogen) atoms. The van der Waals surface area contributed by atoms with E-state index < -0.39 is 24.2 Å². The molecule has 2 nitrogen and oxygen atoms in total. The number of nitrogens with two attached hydrogens (primary N) is 1. The summed E-state index contributed by atoms with van der Waals surface area (Å²) < 4.78 is 41.2. The van der Waals surface area contributed by atoms with Gasteiger partial charge in [-0.1, -0.05) is 0 Å². The molecule has 1 fully saturated rings. The zero-order chi connectivity index (χ0) is 10.8. The molecule has 0 radical (unpaired) electrons. The highest BCUT2D eigenvalue weighted by molar-refractivity contribution is 4.90. The maximum atomic E-state index is 11.9. The quantitative estimate of drug-likeness (QED) is 0.776. The Balaban J connectivity index is 2.37. The van der Waals surface area contributed by atoms with E-state index in [0.717, 1.165) is 12.8 Å². The van der Waals surface area contributed by atoms with Gasteiger partial charge >= 0.3 is 6.18 Å². The van der Waals surface area contributed by atoms with Gasteiger partial charge in [-0.2, -0.15) is 13.2 Å². The van der Waals surface area contributed by atoms with E-state index in [4.69, 9.17) is 10.5 Å². The van der Waals surface area contributed by atoms with E-state index in [-0.39, 0.29) is 6.42 Å². The first kappa shape index (κ1) is 11.8. The van der Waals surface area contributed by atoms with E-state index in [9.17, 15) is 13.2 Å². The highest BCUT2D eigenvalue weighted by Crippen LogP contribution is 2.31. The van der Waals surface area contributed by atoms with Gasteiger partial charge in [0.25, 0.3) is 0 Å². The van der Waals surface area contributed by atoms with Crippen molar-refractivity contribution in [3.8, 4) is 0 Å². The molecule has 5 heteroatoms. The minimum Gasteiger partial charge on any atom is -0.374 e. The molecule has 2 N–H and O–H groups in total. The molecule has 0 aromatic rings. The lowest BCUT2D eigenvalue weighted by atomic mass is 9.90. The lowest BCUT2D eigenvalue weighted by molar-refractivity contribution is -0.139. The van der Waals surface area contributed by atoms with Crippen molar-refractivity contribution in [2.24, 2.45) is 5.73 Å². The van der Waals surface area contributed by atoms with Gasteiger partial charge in [0.2, 0.25) is 0 Å². The zero-order valence-corrected chi connectivity index (χ0v) is 8.23. The average molecular weight is 211 g/mol. The molecule has 1 aliphatic heterocycles. The van der Waals surface area contributed by atoms with E-state index >= 15 is 0 Å². The van der Waals surface area contributed by atoms with Gasteiger partial charge < -0.3 is 10.5 Å². The summed E-state index contributed by atoms with van der Waals surface area (Å²) in [5.41, 5.74) is 5.15. The molecular formula is C9H16F3NO. The van der Waals surface area contributed by atoms with Crippen LogP contribution in [0.25, 0.3) is 0 Å². The van der Waals surface area contributed by atoms with E-state index in [1.54, 1.807) is 6.92 Å². The SMILES string of the molecule is CC1(C(N)CCC(F)(F)F)CCCO1. The standard InChI is InChI=1S/C9H16F3NO/c1-8(4-2-6-14-8)7(13)3-5-9(10,11)12/h7H,2-6,13H2,1H3. The van der Waals surface area contributed by atoms with Crippen LogP contribution in [0.4, 0.5) is 13.2 Å². The fourth-order valence-electron chi connectivity index (χ4n) is 1.72. The highest BCUT2D eigenvalue weighted by atomic mass is 19.4. The molecule has 1 heterocycles. The maximum absolute atomic E-state index is 11.9. The fraction of sp³-hybridized carbons (Fsp3) is 1.00. The summed E-state index contributed by atoms with van der Waals surface area (Å²) in [7, 11) is 0. The van der Waals surface area contributed by atoms with Crippen LogP contribution in [-0.2, 0) is 4.74 Å². The van der Waals surface area contributed by atoms with Crippen molar-refractivity contribution in [3.63, 3.8) is 0 Å². The first-order valence-corrected chi connectivity index (χ1v) is 4.80. The van der Waals surface area contributed by atoms with E-state index in [0.29, 0.717) is 6.61 Å². The van der Waals surface area contributed by atoms with Crippen LogP contribution >= 0.6 is 0 Å². The Morgan fingerprint density at radius 2 is 2.14 bits per heavy atom. The number of ether oxygens (including phenoxy) is 1. The molecule has 0 spiro atoms. The Hall–Kier alpha value is -0.290. The number of alkyl halides is 3. The van der Waals surface area contributed by atoms with Crippen LogP contribution in [-0.4, -0.2) is 24.4 Å². The zero-order valence-electron chi connectivity index (χ0n) is 8.23. The van der Waals surface area contributed by atoms with Crippen LogP contribution in [0.5, 0.6) is 0 Å². The smallest absolute Gasteiger partial charge is 0.374 e. The van der Waals surface area contributed by atoms with Crippen LogP contribution in [0.2, 0.25) is 0 Å². The Morgan fingerprint density at radius 3 is 2.57 bits per heavy atom. The molecule has 1 saturated heterocycles. The van der Waals surface area contributed by atoms with Gasteiger partial charge in [-0.05, 0) is 26.2 Å². The molecule has 2 unspecified atom stereocenters. The van der Waals surface area contributed by atoms with Crippen LogP contribution < -0.4 is 5.73 Å². The predicted molar refractivity (Wildman–Crippen MR) is 46.9 cm³/mol. The highest BCUT2D eigenvalue weighted by Gasteiger charge is 2.38. The van der Waals surface area contributed by atoms with Crippen molar-refractivity contribution >= 4 is 0 Å². The third kappa shape index (κ3) is 3.13. The summed E-state index contributed by atoms with van der Waals surface area (Å²) in [6.45, 7) is 2.40. The first-order valence-electron chi connectivity index (χ1n) is 4.80. The molecule has 0 bridgehead atoms. The van der Waals surface area contributed by atoms with Crippen LogP contribution in [0, 0.1) is 0 Å². The van der Waals surface area contributed by atoms with Crippen molar-refractivity contribution in [1.29, 1.82) is 0 Å². The second-order valence-electron chi connectivity index (χ2n) is 4.03. The summed E-state index contributed by atoms with van der Waals surface area (Å²) in [5.74, 6) is 0. The van der Waals surface area contributed by atoms with Crippen molar-refractivity contribution in [2.45, 2.75) is 50.4 Å². The molecule has 0 aromatic carbocycles. The molecule has 0 amide bonds. The fourth-order valence-corrected chi connectivity index (χ4v) is 1.72. The van der Waals surface area contributed by atoms with Crippen molar-refractivity contribution in [3.05, 3.63) is 0 Å². The largest absolute Gasteiger partial charge is 0.389 e. The topological polar surface area (TPSA) is 35.2 Å². The van der Waals surface area contributed by atoms with Gasteiger partial charge in [-0.15, -0.1) is 0 Å². The molecular weight excluding hydrogens is 195 g/mol. The number of hydrogen-bond donors (Lipinski definition) is 1. The lowest BCUT2D eigenvalue weighted by Gasteiger charge is -2.30. The van der Waals surface area contributed by atoms with Gasteiger partial charge in [0.1, 0.15) is 0 Å². The Kier molecular flexibility index (Phi) is 3.42. The minimum absolute atomic E-state index is 0.0556. The summed E-state index contributed by atoms with van der Waals surface area (Å²) in [4.78, 5) is 0. The summed E-state index contributed by atoms with van der Waals surface area (Å²) >= 11 is 0. The number of halogens is 3. The molecule has 1 aliphatic rings. The van der Waals surface area contributed by atoms with E-state index in [2.05, 4.69) is 0 Å². The Morgan fingerprint density at radius 1 is 1.50 bits per heavy atom. The second-order valence-corrected chi connectivity index (χ2v) is 4.03. The van der Waals surface area contributed by atoms with Gasteiger partial charge in [0.15, 0.2) is 0 Å². The lowest BCUT2D eigenvalue weighted by Crippen LogP contribution is -2.45. The van der Waals surface area contributed by atoms with E-state index in [1.807, 2.05) is 0 Å². The monoisotopic (exact) mass is 211 g/mol. The van der Waals surface area contributed by atoms with Gasteiger partial charge in [0, 0.05) is 19.1 Å². The van der Waals surface area contributed by atoms with Crippen LogP contribution in [0.15, 0.2) is 0 Å². The molecule has 0 saturated carbocycles. The second kappa shape index (κ2) is 4.06. The van der Waals surface area contributed by atoms with Gasteiger partial charge in [0.05, 0.1) is 5.60 Å². The van der Waals surface area contributed by atoms with Gasteiger partial charge in [-0.25, -0.2) is 0 Å². The van der Waals surface area contributed by atoms with Crippen molar-refractivity contribution in [1.82, 2.24) is 0 Å². The number of hydrogen-bond acceptors (Lipinski definition) is 2. The van der Waals surface area contributed by atoms with E-state index in [1.165, 1.54) is 0 Å². The Labute approximate surface area is 81.6 Å². The summed E-state index contributed by atoms with van der Waals surface area (Å²) in [6, 6.07) is -0.522. The summed E-state index contributed by atoms with van der Waals surface area (Å²) in [6.07, 6.45) is -3.36. The molecule has 0 aliphatic carbocycles. The molecule has 2 atom stereocenters. The predicted octanol–water partition coefficient (Wildman–Crippen LogP) is 2.23. The molecule has 1 rings (SSSR count). The van der Waals surface area contributed by atoms with Crippen LogP contribution in [0.3, 0.4) is 0 Å². The molecule has 84 valence electrons. The number of rotatable bonds is 3. The van der Waals surface area contributed by atoms with Crippen molar-refractivity contribution < 1.29 is 17.9 Å². The first-order chi connectivity index (χ1) is 6.33. The van der Waals surface area contributed by atoms with Crippen molar-refractivity contribution in [2.75, 3.05) is 6.61 Å². The third-order valence-electron chi connectivity index (χ3n) is 2.77. The molecule has 0 aromatic heterocycles. The Bertz CT molecular complexity index is 187.